The zero-order chi connectivity index (χ0) is 14.4. The number of amides is 1. The molecule has 0 heterocycles. The number of hydrogen-bond donors (Lipinski definition) is 2. The highest BCUT2D eigenvalue weighted by atomic mass is 79.9. The van der Waals surface area contributed by atoms with Gasteiger partial charge in [0.15, 0.2) is 0 Å². The average Bonchev–Trinajstić information content (AvgIpc) is 2.44. The van der Waals surface area contributed by atoms with Crippen molar-refractivity contribution >= 4 is 27.5 Å². The summed E-state index contributed by atoms with van der Waals surface area (Å²) < 4.78 is 1.11. The lowest BCUT2D eigenvalue weighted by atomic mass is 9.95. The van der Waals surface area contributed by atoms with E-state index in [9.17, 15) is 4.79 Å². The lowest BCUT2D eigenvalue weighted by Crippen LogP contribution is -2.36. The molecular formula is C16H23BrN2O. The highest BCUT2D eigenvalue weighted by Gasteiger charge is 2.15. The summed E-state index contributed by atoms with van der Waals surface area (Å²) in [5.74, 6) is 0.165. The van der Waals surface area contributed by atoms with Gasteiger partial charge in [-0.05, 0) is 43.5 Å². The van der Waals surface area contributed by atoms with Gasteiger partial charge in [0, 0.05) is 29.2 Å². The van der Waals surface area contributed by atoms with Gasteiger partial charge in [0.25, 0.3) is 0 Å². The fourth-order valence-corrected chi connectivity index (χ4v) is 2.87. The van der Waals surface area contributed by atoms with Crippen molar-refractivity contribution < 1.29 is 4.79 Å². The van der Waals surface area contributed by atoms with Crippen LogP contribution in [0.2, 0.25) is 0 Å². The molecule has 2 rings (SSSR count). The maximum atomic E-state index is 11.9. The number of carbonyl (C=O) groups excluding carboxylic acids is 1. The van der Waals surface area contributed by atoms with Gasteiger partial charge >= 0.3 is 0 Å². The van der Waals surface area contributed by atoms with Gasteiger partial charge in [-0.3, -0.25) is 4.79 Å². The Morgan fingerprint density at radius 2 is 2.05 bits per heavy atom. The normalized spacial score (nSPS) is 15.9. The van der Waals surface area contributed by atoms with Crippen LogP contribution in [-0.4, -0.2) is 18.5 Å². The fourth-order valence-electron chi connectivity index (χ4n) is 2.62. The predicted molar refractivity (Wildman–Crippen MR) is 87.0 cm³/mol. The Bertz CT molecular complexity index is 456. The number of nitrogens with one attached hydrogen (secondary N) is 2. The average molecular weight is 339 g/mol. The largest absolute Gasteiger partial charge is 0.385 e. The summed E-state index contributed by atoms with van der Waals surface area (Å²) in [6.07, 6.45) is 6.64. The Hall–Kier alpha value is -1.03. The van der Waals surface area contributed by atoms with Gasteiger partial charge in [0.1, 0.15) is 0 Å². The SMILES string of the molecule is Cc1cc(NCCC(=O)NC2CCCCC2)ccc1Br. The Balaban J connectivity index is 1.69. The van der Waals surface area contributed by atoms with Crippen LogP contribution in [0, 0.1) is 6.92 Å². The molecule has 0 spiro atoms. The number of benzene rings is 1. The molecule has 0 aromatic heterocycles. The van der Waals surface area contributed by atoms with E-state index in [0.717, 1.165) is 23.0 Å². The zero-order valence-corrected chi connectivity index (χ0v) is 13.6. The van der Waals surface area contributed by atoms with Crippen LogP contribution in [0.15, 0.2) is 22.7 Å². The summed E-state index contributed by atoms with van der Waals surface area (Å²) in [4.78, 5) is 11.9. The molecule has 1 fully saturated rings. The van der Waals surface area contributed by atoms with Crippen LogP contribution in [0.25, 0.3) is 0 Å². The highest BCUT2D eigenvalue weighted by Crippen LogP contribution is 2.20. The molecule has 110 valence electrons. The van der Waals surface area contributed by atoms with Crippen LogP contribution in [0.3, 0.4) is 0 Å². The van der Waals surface area contributed by atoms with E-state index in [1.54, 1.807) is 0 Å². The summed E-state index contributed by atoms with van der Waals surface area (Å²) in [5.41, 5.74) is 2.26. The summed E-state index contributed by atoms with van der Waals surface area (Å²) in [6.45, 7) is 2.74. The molecule has 0 saturated heterocycles. The van der Waals surface area contributed by atoms with E-state index in [2.05, 4.69) is 39.6 Å². The lowest BCUT2D eigenvalue weighted by molar-refractivity contribution is -0.121. The van der Waals surface area contributed by atoms with Crippen LogP contribution in [0.5, 0.6) is 0 Å². The second-order valence-electron chi connectivity index (χ2n) is 5.54. The maximum Gasteiger partial charge on any atom is 0.221 e. The minimum Gasteiger partial charge on any atom is -0.385 e. The van der Waals surface area contributed by atoms with Crippen LogP contribution >= 0.6 is 15.9 Å². The van der Waals surface area contributed by atoms with E-state index in [1.165, 1.54) is 24.8 Å². The molecule has 1 aliphatic carbocycles. The number of rotatable bonds is 5. The second-order valence-corrected chi connectivity index (χ2v) is 6.40. The molecule has 0 atom stereocenters. The first-order valence-corrected chi connectivity index (χ1v) is 8.24. The zero-order valence-electron chi connectivity index (χ0n) is 12.0. The molecule has 1 aromatic carbocycles. The van der Waals surface area contributed by atoms with E-state index in [0.29, 0.717) is 19.0 Å². The molecule has 3 nitrogen and oxygen atoms in total. The number of anilines is 1. The van der Waals surface area contributed by atoms with Crippen LogP contribution in [0.4, 0.5) is 5.69 Å². The molecular weight excluding hydrogens is 316 g/mol. The van der Waals surface area contributed by atoms with E-state index < -0.39 is 0 Å². The minimum atomic E-state index is 0.165. The fraction of sp³-hybridized carbons (Fsp3) is 0.562. The first-order valence-electron chi connectivity index (χ1n) is 7.44. The smallest absolute Gasteiger partial charge is 0.221 e. The van der Waals surface area contributed by atoms with Crippen molar-refractivity contribution in [2.45, 2.75) is 51.5 Å². The van der Waals surface area contributed by atoms with Crippen molar-refractivity contribution in [2.75, 3.05) is 11.9 Å². The lowest BCUT2D eigenvalue weighted by Gasteiger charge is -2.22. The summed E-state index contributed by atoms with van der Waals surface area (Å²) >= 11 is 3.48. The third kappa shape index (κ3) is 4.82. The monoisotopic (exact) mass is 338 g/mol. The molecule has 1 amide bonds. The Morgan fingerprint density at radius 3 is 2.75 bits per heavy atom. The summed E-state index contributed by atoms with van der Waals surface area (Å²) in [5, 5.41) is 6.44. The third-order valence-corrected chi connectivity index (χ3v) is 4.70. The molecule has 20 heavy (non-hydrogen) atoms. The van der Waals surface area contributed by atoms with Gasteiger partial charge < -0.3 is 10.6 Å². The maximum absolute atomic E-state index is 11.9. The van der Waals surface area contributed by atoms with E-state index in [-0.39, 0.29) is 5.91 Å². The molecule has 0 aliphatic heterocycles. The minimum absolute atomic E-state index is 0.165. The molecule has 4 heteroatoms. The predicted octanol–water partition coefficient (Wildman–Crippen LogP) is 4.01. The van der Waals surface area contributed by atoms with E-state index in [4.69, 9.17) is 0 Å². The van der Waals surface area contributed by atoms with E-state index in [1.807, 2.05) is 12.1 Å². The van der Waals surface area contributed by atoms with Gasteiger partial charge in [-0.1, -0.05) is 35.2 Å². The topological polar surface area (TPSA) is 41.1 Å². The van der Waals surface area contributed by atoms with Gasteiger partial charge in [-0.15, -0.1) is 0 Å². The molecule has 0 bridgehead atoms. The van der Waals surface area contributed by atoms with Crippen molar-refractivity contribution in [3.05, 3.63) is 28.2 Å². The summed E-state index contributed by atoms with van der Waals surface area (Å²) in [6, 6.07) is 6.55. The number of halogens is 1. The first kappa shape index (κ1) is 15.4. The van der Waals surface area contributed by atoms with Gasteiger partial charge in [-0.2, -0.15) is 0 Å². The number of aryl methyl sites for hydroxylation is 1. The summed E-state index contributed by atoms with van der Waals surface area (Å²) in [7, 11) is 0. The first-order chi connectivity index (χ1) is 9.65. The van der Waals surface area contributed by atoms with Crippen molar-refractivity contribution in [3.8, 4) is 0 Å². The van der Waals surface area contributed by atoms with Crippen molar-refractivity contribution in [1.29, 1.82) is 0 Å². The van der Waals surface area contributed by atoms with Gasteiger partial charge in [-0.25, -0.2) is 0 Å². The van der Waals surface area contributed by atoms with E-state index >= 15 is 0 Å². The van der Waals surface area contributed by atoms with Crippen molar-refractivity contribution in [3.63, 3.8) is 0 Å². The third-order valence-electron chi connectivity index (χ3n) is 3.81. The molecule has 1 aliphatic rings. The number of hydrogen-bond acceptors (Lipinski definition) is 2. The second kappa shape index (κ2) is 7.67. The van der Waals surface area contributed by atoms with Crippen LogP contribution < -0.4 is 10.6 Å². The van der Waals surface area contributed by atoms with Crippen LogP contribution in [0.1, 0.15) is 44.1 Å². The van der Waals surface area contributed by atoms with Gasteiger partial charge in [0.05, 0.1) is 0 Å². The molecule has 2 N–H and O–H groups in total. The van der Waals surface area contributed by atoms with Crippen LogP contribution in [-0.2, 0) is 4.79 Å². The quantitative estimate of drug-likeness (QED) is 0.851. The Labute approximate surface area is 129 Å². The van der Waals surface area contributed by atoms with Gasteiger partial charge in [0.2, 0.25) is 5.91 Å². The molecule has 0 radical (unpaired) electrons. The van der Waals surface area contributed by atoms with Crippen molar-refractivity contribution in [2.24, 2.45) is 0 Å². The molecule has 1 saturated carbocycles. The molecule has 0 unspecified atom stereocenters. The standard InChI is InChI=1S/C16H23BrN2O/c1-12-11-14(7-8-15(12)17)18-10-9-16(20)19-13-5-3-2-4-6-13/h7-8,11,13,18H,2-6,9-10H2,1H3,(H,19,20). The highest BCUT2D eigenvalue weighted by molar-refractivity contribution is 9.10. The Morgan fingerprint density at radius 1 is 1.30 bits per heavy atom. The Kier molecular flexibility index (Phi) is 5.89. The van der Waals surface area contributed by atoms with Crippen molar-refractivity contribution in [1.82, 2.24) is 5.32 Å². The number of carbonyl (C=O) groups is 1. The molecule has 1 aromatic rings.